The van der Waals surface area contributed by atoms with E-state index in [-0.39, 0.29) is 47.9 Å². The topological polar surface area (TPSA) is 111 Å². The van der Waals surface area contributed by atoms with Crippen molar-refractivity contribution in [2.75, 3.05) is 45.7 Å². The zero-order chi connectivity index (χ0) is 23.5. The fourth-order valence-electron chi connectivity index (χ4n) is 6.05. The molecule has 1 amide bonds. The second kappa shape index (κ2) is 8.44. The summed E-state index contributed by atoms with van der Waals surface area (Å²) < 4.78 is 5.87. The Bertz CT molecular complexity index is 902. The average molecular weight is 459 g/mol. The van der Waals surface area contributed by atoms with Crippen LogP contribution < -0.4 is 26.8 Å². The minimum absolute atomic E-state index is 0.0667. The normalized spacial score (nSPS) is 36.4. The molecular formula is C23H38N8O2. The quantitative estimate of drug-likeness (QED) is 0.486. The molecule has 10 heteroatoms. The van der Waals surface area contributed by atoms with Gasteiger partial charge in [0.2, 0.25) is 5.91 Å². The minimum atomic E-state index is -0.245. The Morgan fingerprint density at radius 2 is 1.97 bits per heavy atom. The summed E-state index contributed by atoms with van der Waals surface area (Å²) in [6, 6.07) is 4.03. The summed E-state index contributed by atoms with van der Waals surface area (Å²) in [5.74, 6) is 0.802. The molecule has 6 atom stereocenters. The van der Waals surface area contributed by atoms with Crippen LogP contribution in [-0.2, 0) is 9.53 Å². The second-order valence-corrected chi connectivity index (χ2v) is 10.4. The molecule has 4 saturated heterocycles. The van der Waals surface area contributed by atoms with E-state index in [1.165, 1.54) is 0 Å². The summed E-state index contributed by atoms with van der Waals surface area (Å²) in [4.78, 5) is 24.5. The molecule has 0 aliphatic carbocycles. The molecule has 0 aromatic carbocycles. The molecule has 5 N–H and O–H groups in total. The van der Waals surface area contributed by atoms with E-state index in [0.717, 1.165) is 49.6 Å². The Morgan fingerprint density at radius 1 is 1.24 bits per heavy atom. The summed E-state index contributed by atoms with van der Waals surface area (Å²) in [6.45, 7) is 6.60. The number of likely N-dealkylation sites (tertiary alicyclic amines) is 1. The van der Waals surface area contributed by atoms with E-state index < -0.39 is 0 Å². The van der Waals surface area contributed by atoms with Crippen molar-refractivity contribution in [2.24, 2.45) is 17.1 Å². The lowest BCUT2D eigenvalue weighted by Crippen LogP contribution is -2.70. The predicted octanol–water partition coefficient (Wildman–Crippen LogP) is -0.279. The SMILES string of the molecule is Cc1nc(N(C)C)ccc1C1NNC2NC(N3CCC4(CC3)CO[C@@H](C)[C@H]4N)N(C)C(=O)C21. The van der Waals surface area contributed by atoms with Crippen LogP contribution in [0.4, 0.5) is 5.82 Å². The first-order chi connectivity index (χ1) is 15.7. The molecule has 5 heterocycles. The van der Waals surface area contributed by atoms with E-state index in [1.54, 1.807) is 0 Å². The lowest BCUT2D eigenvalue weighted by Gasteiger charge is -2.49. The third-order valence-corrected chi connectivity index (χ3v) is 8.33. The zero-order valence-corrected chi connectivity index (χ0v) is 20.3. The first-order valence-electron chi connectivity index (χ1n) is 12.0. The van der Waals surface area contributed by atoms with Gasteiger partial charge in [0.15, 0.2) is 0 Å². The number of rotatable bonds is 3. The minimum Gasteiger partial charge on any atom is -0.376 e. The van der Waals surface area contributed by atoms with Gasteiger partial charge in [0, 0.05) is 51.4 Å². The van der Waals surface area contributed by atoms with Crippen LogP contribution in [0.25, 0.3) is 0 Å². The average Bonchev–Trinajstić information content (AvgIpc) is 3.34. The molecular weight excluding hydrogens is 420 g/mol. The second-order valence-electron chi connectivity index (χ2n) is 10.4. The fourth-order valence-corrected chi connectivity index (χ4v) is 6.05. The Labute approximate surface area is 196 Å². The van der Waals surface area contributed by atoms with Crippen molar-refractivity contribution in [1.29, 1.82) is 0 Å². The Kier molecular flexibility index (Phi) is 5.87. The van der Waals surface area contributed by atoms with Crippen LogP contribution in [0.5, 0.6) is 0 Å². The number of nitrogens with two attached hydrogens (primary N) is 1. The molecule has 4 aliphatic rings. The summed E-state index contributed by atoms with van der Waals surface area (Å²) in [5, 5.41) is 3.68. The van der Waals surface area contributed by atoms with E-state index in [4.69, 9.17) is 15.5 Å². The highest BCUT2D eigenvalue weighted by atomic mass is 16.5. The number of fused-ring (bicyclic) bond motifs is 1. The summed E-state index contributed by atoms with van der Waals surface area (Å²) in [7, 11) is 5.86. The molecule has 4 aliphatic heterocycles. The molecule has 0 radical (unpaired) electrons. The number of carbonyl (C=O) groups is 1. The van der Waals surface area contributed by atoms with E-state index in [0.29, 0.717) is 0 Å². The molecule has 33 heavy (non-hydrogen) atoms. The molecule has 0 bridgehead atoms. The summed E-state index contributed by atoms with van der Waals surface area (Å²) >= 11 is 0. The van der Waals surface area contributed by atoms with E-state index >= 15 is 0 Å². The van der Waals surface area contributed by atoms with Crippen molar-refractivity contribution in [3.05, 3.63) is 23.4 Å². The summed E-state index contributed by atoms with van der Waals surface area (Å²) in [6.07, 6.45) is 1.80. The van der Waals surface area contributed by atoms with Gasteiger partial charge in [-0.2, -0.15) is 0 Å². The highest BCUT2D eigenvalue weighted by Crippen LogP contribution is 2.42. The maximum Gasteiger partial charge on any atom is 0.232 e. The maximum absolute atomic E-state index is 13.6. The van der Waals surface area contributed by atoms with Gasteiger partial charge < -0.3 is 20.3 Å². The monoisotopic (exact) mass is 458 g/mol. The molecule has 10 nitrogen and oxygen atoms in total. The highest BCUT2D eigenvalue weighted by molar-refractivity contribution is 5.82. The lowest BCUT2D eigenvalue weighted by molar-refractivity contribution is -0.151. The van der Waals surface area contributed by atoms with Gasteiger partial charge in [0.05, 0.1) is 30.8 Å². The largest absolute Gasteiger partial charge is 0.376 e. The number of pyridine rings is 1. The molecule has 5 rings (SSSR count). The van der Waals surface area contributed by atoms with Crippen LogP contribution in [0.1, 0.15) is 37.1 Å². The molecule has 4 fully saturated rings. The lowest BCUT2D eigenvalue weighted by atomic mass is 9.73. The Balaban J connectivity index is 1.29. The van der Waals surface area contributed by atoms with Crippen molar-refractivity contribution >= 4 is 11.7 Å². The third-order valence-electron chi connectivity index (χ3n) is 8.33. The first-order valence-corrected chi connectivity index (χ1v) is 12.0. The molecule has 1 aromatic rings. The van der Waals surface area contributed by atoms with Crippen molar-refractivity contribution < 1.29 is 9.53 Å². The number of ether oxygens (including phenoxy) is 1. The number of nitrogens with zero attached hydrogens (tertiary/aromatic N) is 4. The number of anilines is 1. The number of piperidine rings is 1. The smallest absolute Gasteiger partial charge is 0.232 e. The molecule has 1 spiro atoms. The fraction of sp³-hybridized carbons (Fsp3) is 0.739. The standard InChI is InChI=1S/C23H38N8O2/c1-13-15(6-7-16(25-13)29(3)4)18-17-20(28-27-18)26-22(30(5)21(17)32)31-10-8-23(9-11-31)12-33-14(2)19(23)24/h6-7,14,17-20,22,26-28H,8-12,24H2,1-5H3/t14-,17?,18?,19+,20?,22?/m0/s1. The van der Waals surface area contributed by atoms with E-state index in [9.17, 15) is 4.79 Å². The van der Waals surface area contributed by atoms with Crippen molar-refractivity contribution in [3.63, 3.8) is 0 Å². The van der Waals surface area contributed by atoms with Gasteiger partial charge >= 0.3 is 0 Å². The number of aromatic nitrogens is 1. The number of nitrogens with one attached hydrogen (secondary N) is 3. The molecule has 1 aromatic heterocycles. The molecule has 0 saturated carbocycles. The van der Waals surface area contributed by atoms with Crippen molar-refractivity contribution in [3.8, 4) is 0 Å². The number of hydrazine groups is 1. The molecule has 4 unspecified atom stereocenters. The van der Waals surface area contributed by atoms with Crippen LogP contribution in [0.15, 0.2) is 12.1 Å². The van der Waals surface area contributed by atoms with Crippen LogP contribution in [-0.4, -0.2) is 86.1 Å². The first kappa shape index (κ1) is 22.9. The van der Waals surface area contributed by atoms with Gasteiger partial charge in [0.25, 0.3) is 0 Å². The Morgan fingerprint density at radius 3 is 2.58 bits per heavy atom. The van der Waals surface area contributed by atoms with Crippen LogP contribution in [0, 0.1) is 18.3 Å². The number of aryl methyl sites for hydroxylation is 1. The van der Waals surface area contributed by atoms with Gasteiger partial charge in [-0.15, -0.1) is 0 Å². The van der Waals surface area contributed by atoms with Gasteiger partial charge in [0.1, 0.15) is 12.1 Å². The van der Waals surface area contributed by atoms with Crippen LogP contribution in [0.3, 0.4) is 0 Å². The maximum atomic E-state index is 13.6. The van der Waals surface area contributed by atoms with Crippen molar-refractivity contribution in [1.82, 2.24) is 31.0 Å². The number of carbonyl (C=O) groups excluding carboxylic acids is 1. The van der Waals surface area contributed by atoms with Crippen molar-refractivity contribution in [2.45, 2.75) is 57.3 Å². The van der Waals surface area contributed by atoms with E-state index in [2.05, 4.69) is 34.1 Å². The van der Waals surface area contributed by atoms with E-state index in [1.807, 2.05) is 43.9 Å². The predicted molar refractivity (Wildman–Crippen MR) is 126 cm³/mol. The van der Waals surface area contributed by atoms with Gasteiger partial charge in [-0.3, -0.25) is 15.0 Å². The van der Waals surface area contributed by atoms with Crippen LogP contribution >= 0.6 is 0 Å². The molecule has 182 valence electrons. The number of amides is 1. The van der Waals surface area contributed by atoms with Gasteiger partial charge in [-0.1, -0.05) is 6.07 Å². The number of hydrogen-bond acceptors (Lipinski definition) is 9. The van der Waals surface area contributed by atoms with Gasteiger partial charge in [-0.05, 0) is 38.3 Å². The third kappa shape index (κ3) is 3.73. The Hall–Kier alpha value is -1.82. The zero-order valence-electron chi connectivity index (χ0n) is 20.3. The van der Waals surface area contributed by atoms with Crippen LogP contribution in [0.2, 0.25) is 0 Å². The summed E-state index contributed by atoms with van der Waals surface area (Å²) in [5.41, 5.74) is 15.2. The highest BCUT2D eigenvalue weighted by Gasteiger charge is 2.52. The number of hydrogen-bond donors (Lipinski definition) is 4. The van der Waals surface area contributed by atoms with Gasteiger partial charge in [-0.25, -0.2) is 15.8 Å².